The van der Waals surface area contributed by atoms with Crippen molar-refractivity contribution < 1.29 is 4.42 Å². The molecular formula is C28H17BrO. The van der Waals surface area contributed by atoms with Gasteiger partial charge in [0.25, 0.3) is 0 Å². The summed E-state index contributed by atoms with van der Waals surface area (Å²) in [5, 5.41) is 4.77. The molecule has 142 valence electrons. The molecule has 0 bridgehead atoms. The minimum atomic E-state index is 0.904. The van der Waals surface area contributed by atoms with Crippen LogP contribution in [-0.4, -0.2) is 0 Å². The largest absolute Gasteiger partial charge is 0.456 e. The highest BCUT2D eigenvalue weighted by molar-refractivity contribution is 9.10. The topological polar surface area (TPSA) is 13.1 Å². The molecule has 0 amide bonds. The molecule has 0 aliphatic rings. The third-order valence-electron chi connectivity index (χ3n) is 5.74. The fourth-order valence-corrected chi connectivity index (χ4v) is 4.59. The Balaban J connectivity index is 1.56. The predicted octanol–water partition coefficient (Wildman–Crippen LogP) is 8.84. The molecule has 2 heteroatoms. The SMILES string of the molecule is Brc1ccc2c(c1)oc1cc(-c3cccc4ccc(-c5ccccc5)cc34)ccc12. The number of hydrogen-bond acceptors (Lipinski definition) is 1. The van der Waals surface area contributed by atoms with E-state index in [1.807, 2.05) is 6.07 Å². The normalized spacial score (nSPS) is 11.5. The first-order valence-electron chi connectivity index (χ1n) is 9.97. The van der Waals surface area contributed by atoms with Crippen LogP contribution in [0.15, 0.2) is 112 Å². The molecular weight excluding hydrogens is 432 g/mol. The summed E-state index contributed by atoms with van der Waals surface area (Å²) in [6, 6.07) is 36.4. The summed E-state index contributed by atoms with van der Waals surface area (Å²) in [4.78, 5) is 0. The average molecular weight is 449 g/mol. The second kappa shape index (κ2) is 6.86. The van der Waals surface area contributed by atoms with Crippen molar-refractivity contribution in [1.82, 2.24) is 0 Å². The molecule has 0 unspecified atom stereocenters. The van der Waals surface area contributed by atoms with Crippen molar-refractivity contribution in [2.75, 3.05) is 0 Å². The number of rotatable bonds is 2. The second-order valence-corrected chi connectivity index (χ2v) is 8.48. The van der Waals surface area contributed by atoms with Gasteiger partial charge in [0.1, 0.15) is 11.2 Å². The van der Waals surface area contributed by atoms with Gasteiger partial charge < -0.3 is 4.42 Å². The molecule has 6 aromatic rings. The number of hydrogen-bond donors (Lipinski definition) is 0. The van der Waals surface area contributed by atoms with E-state index in [2.05, 4.69) is 113 Å². The van der Waals surface area contributed by atoms with Crippen molar-refractivity contribution in [3.8, 4) is 22.3 Å². The fourth-order valence-electron chi connectivity index (χ4n) is 4.25. The van der Waals surface area contributed by atoms with Crippen LogP contribution in [0.3, 0.4) is 0 Å². The van der Waals surface area contributed by atoms with E-state index < -0.39 is 0 Å². The fraction of sp³-hybridized carbons (Fsp3) is 0. The van der Waals surface area contributed by atoms with Gasteiger partial charge in [0, 0.05) is 15.2 Å². The van der Waals surface area contributed by atoms with E-state index in [9.17, 15) is 0 Å². The molecule has 1 aromatic heterocycles. The maximum absolute atomic E-state index is 6.17. The smallest absolute Gasteiger partial charge is 0.136 e. The Hall–Kier alpha value is -3.36. The van der Waals surface area contributed by atoms with Gasteiger partial charge in [-0.15, -0.1) is 0 Å². The summed E-state index contributed by atoms with van der Waals surface area (Å²) in [6.07, 6.45) is 0. The maximum Gasteiger partial charge on any atom is 0.136 e. The molecule has 6 rings (SSSR count). The molecule has 30 heavy (non-hydrogen) atoms. The van der Waals surface area contributed by atoms with Crippen LogP contribution >= 0.6 is 15.9 Å². The lowest BCUT2D eigenvalue weighted by Crippen LogP contribution is -1.84. The quantitative estimate of drug-likeness (QED) is 0.257. The highest BCUT2D eigenvalue weighted by Gasteiger charge is 2.11. The third-order valence-corrected chi connectivity index (χ3v) is 6.23. The predicted molar refractivity (Wildman–Crippen MR) is 130 cm³/mol. The van der Waals surface area contributed by atoms with Crippen LogP contribution in [0.2, 0.25) is 0 Å². The van der Waals surface area contributed by atoms with Crippen LogP contribution < -0.4 is 0 Å². The van der Waals surface area contributed by atoms with Crippen LogP contribution in [0, 0.1) is 0 Å². The van der Waals surface area contributed by atoms with Crippen LogP contribution in [0.1, 0.15) is 0 Å². The van der Waals surface area contributed by atoms with Gasteiger partial charge in [-0.2, -0.15) is 0 Å². The summed E-state index contributed by atoms with van der Waals surface area (Å²) in [5.74, 6) is 0. The van der Waals surface area contributed by atoms with Gasteiger partial charge in [0.15, 0.2) is 0 Å². The molecule has 0 aliphatic heterocycles. The van der Waals surface area contributed by atoms with Crippen LogP contribution in [0.5, 0.6) is 0 Å². The van der Waals surface area contributed by atoms with Crippen molar-refractivity contribution in [3.63, 3.8) is 0 Å². The number of furan rings is 1. The monoisotopic (exact) mass is 448 g/mol. The summed E-state index contributed by atoms with van der Waals surface area (Å²) in [7, 11) is 0. The lowest BCUT2D eigenvalue weighted by atomic mass is 9.94. The Morgan fingerprint density at radius 1 is 0.500 bits per heavy atom. The Morgan fingerprint density at radius 3 is 2.13 bits per heavy atom. The molecule has 0 N–H and O–H groups in total. The number of halogens is 1. The molecule has 0 spiro atoms. The zero-order chi connectivity index (χ0) is 20.1. The molecule has 0 saturated heterocycles. The van der Waals surface area contributed by atoms with E-state index in [1.54, 1.807) is 0 Å². The second-order valence-electron chi connectivity index (χ2n) is 7.56. The summed E-state index contributed by atoms with van der Waals surface area (Å²) < 4.78 is 7.20. The van der Waals surface area contributed by atoms with E-state index in [4.69, 9.17) is 4.42 Å². The third kappa shape index (κ3) is 2.84. The zero-order valence-corrected chi connectivity index (χ0v) is 17.7. The highest BCUT2D eigenvalue weighted by Crippen LogP contribution is 2.36. The molecule has 1 heterocycles. The first-order valence-corrected chi connectivity index (χ1v) is 10.8. The Bertz CT molecular complexity index is 1540. The number of fused-ring (bicyclic) bond motifs is 4. The molecule has 5 aromatic carbocycles. The summed E-state index contributed by atoms with van der Waals surface area (Å²) in [6.45, 7) is 0. The lowest BCUT2D eigenvalue weighted by Gasteiger charge is -2.10. The molecule has 0 saturated carbocycles. The Morgan fingerprint density at radius 2 is 1.27 bits per heavy atom. The summed E-state index contributed by atoms with van der Waals surface area (Å²) >= 11 is 3.53. The molecule has 0 atom stereocenters. The number of benzene rings is 5. The molecule has 1 nitrogen and oxygen atoms in total. The zero-order valence-electron chi connectivity index (χ0n) is 16.1. The minimum absolute atomic E-state index is 0.904. The van der Waals surface area contributed by atoms with E-state index in [0.29, 0.717) is 0 Å². The van der Waals surface area contributed by atoms with Crippen molar-refractivity contribution in [1.29, 1.82) is 0 Å². The van der Waals surface area contributed by atoms with Gasteiger partial charge in [-0.1, -0.05) is 82.7 Å². The minimum Gasteiger partial charge on any atom is -0.456 e. The molecule has 0 radical (unpaired) electrons. The van der Waals surface area contributed by atoms with Crippen molar-refractivity contribution >= 4 is 48.6 Å². The maximum atomic E-state index is 6.17. The lowest BCUT2D eigenvalue weighted by molar-refractivity contribution is 0.669. The molecule has 0 aliphatic carbocycles. The molecule has 0 fully saturated rings. The summed E-state index contributed by atoms with van der Waals surface area (Å²) in [5.41, 5.74) is 6.65. The van der Waals surface area contributed by atoms with Gasteiger partial charge >= 0.3 is 0 Å². The first kappa shape index (κ1) is 17.5. The van der Waals surface area contributed by atoms with Gasteiger partial charge in [0.2, 0.25) is 0 Å². The Kier molecular flexibility index (Phi) is 4.00. The standard InChI is InChI=1S/C28H17BrO/c29-22-12-14-25-24-13-11-21(16-27(24)30-28(25)17-22)23-8-4-7-19-9-10-20(15-26(19)23)18-5-2-1-3-6-18/h1-17H. The van der Waals surface area contributed by atoms with Crippen LogP contribution in [0.25, 0.3) is 55.0 Å². The van der Waals surface area contributed by atoms with Crippen molar-refractivity contribution in [2.45, 2.75) is 0 Å². The van der Waals surface area contributed by atoms with Gasteiger partial charge in [-0.05, 0) is 69.4 Å². The van der Waals surface area contributed by atoms with E-state index in [0.717, 1.165) is 32.0 Å². The van der Waals surface area contributed by atoms with E-state index in [-0.39, 0.29) is 0 Å². The van der Waals surface area contributed by atoms with Crippen LogP contribution in [-0.2, 0) is 0 Å². The van der Waals surface area contributed by atoms with Gasteiger partial charge in [-0.3, -0.25) is 0 Å². The highest BCUT2D eigenvalue weighted by atomic mass is 79.9. The average Bonchev–Trinajstić information content (AvgIpc) is 3.15. The van der Waals surface area contributed by atoms with Crippen LogP contribution in [0.4, 0.5) is 0 Å². The Labute approximate surface area is 182 Å². The van der Waals surface area contributed by atoms with Gasteiger partial charge in [0.05, 0.1) is 0 Å². The first-order chi connectivity index (χ1) is 14.8. The van der Waals surface area contributed by atoms with Crippen molar-refractivity contribution in [2.24, 2.45) is 0 Å². The van der Waals surface area contributed by atoms with E-state index in [1.165, 1.54) is 27.5 Å². The van der Waals surface area contributed by atoms with Crippen molar-refractivity contribution in [3.05, 3.63) is 108 Å². The van der Waals surface area contributed by atoms with Gasteiger partial charge in [-0.25, -0.2) is 0 Å². The van der Waals surface area contributed by atoms with E-state index >= 15 is 0 Å².